The van der Waals surface area contributed by atoms with Crippen LogP contribution in [-0.4, -0.2) is 51.0 Å². The van der Waals surface area contributed by atoms with Crippen LogP contribution < -0.4 is 11.3 Å². The monoisotopic (exact) mass is 1380 g/mol. The molecule has 2 aromatic heterocycles. The average Bonchev–Trinajstić information content (AvgIpc) is 0.873. The van der Waals surface area contributed by atoms with Gasteiger partial charge in [0.25, 0.3) is 0 Å². The molecule has 1 N–H and O–H groups in total. The smallest absolute Gasteiger partial charge is 0.339 e. The summed E-state index contributed by atoms with van der Waals surface area (Å²) in [5.74, 6) is -0.265. The second-order valence-corrected chi connectivity index (χ2v) is 24.8. The minimum Gasteiger partial charge on any atom is -0.481 e. The number of Topliss-reactive ketones (excluding diaryl/α,β-unsaturated/α-hetero) is 1. The fraction of sp³-hybridized carbons (Fsp3) is 0.471. The highest BCUT2D eigenvalue weighted by molar-refractivity contribution is 7.90. The normalized spacial score (nSPS) is 9.53. The molecule has 0 saturated heterocycles. The molecular formula is C87H140O10S. The zero-order valence-electron chi connectivity index (χ0n) is 67.4. The Morgan fingerprint density at radius 1 is 0.449 bits per heavy atom. The summed E-state index contributed by atoms with van der Waals surface area (Å²) in [4.78, 5) is 42.2. The molecule has 2 heterocycles. The van der Waals surface area contributed by atoms with Gasteiger partial charge in [-0.3, -0.25) is 4.79 Å². The fourth-order valence-corrected chi connectivity index (χ4v) is 6.74. The van der Waals surface area contributed by atoms with E-state index in [-0.39, 0.29) is 22.8 Å². The second kappa shape index (κ2) is 75.3. The predicted molar refractivity (Wildman–Crippen MR) is 435 cm³/mol. The average molecular weight is 1380 g/mol. The molecule has 0 unspecified atom stereocenters. The van der Waals surface area contributed by atoms with Crippen LogP contribution in [0.1, 0.15) is 237 Å². The van der Waals surface area contributed by atoms with E-state index in [1.807, 2.05) is 168 Å². The van der Waals surface area contributed by atoms with E-state index in [1.54, 1.807) is 40.0 Å². The number of carbonyl (C=O) groups is 2. The van der Waals surface area contributed by atoms with Crippen LogP contribution in [0.2, 0.25) is 0 Å². The van der Waals surface area contributed by atoms with Gasteiger partial charge in [-0.05, 0) is 183 Å². The Morgan fingerprint density at radius 3 is 1.07 bits per heavy atom. The lowest BCUT2D eigenvalue weighted by molar-refractivity contribution is -0.137. The highest BCUT2D eigenvalue weighted by Crippen LogP contribution is 2.16. The standard InChI is InChI=1S/C12H12O2.C11H10O2.C9H12.2C8H10.C5H10O2S.2C5H10O.C4H8O2.C4H10.2C4H8.2C3H8.C2H6/c1-3-9-7-10-5-4-8(2)6-11(10)14-12(9)13;1-7-3-4-9-6-8(2)11(12)13-10(9)5-7;1-7-4-5-8(2)9(3)6-7;1-7-3-5-8(2)6-4-7;1-7-4-3-5-8(2)6-7;1-3-4-5-8(2,6)7;1-3-4-5-6-2;1-3-4-5(2)6;1-2-3-4(5)6;3*1-3-4-2;2*1-3-2;1-2/h4-7H,3H2,1-2H3;3-6H,1-2H3;4-6H,1-3H3;2*3-6H,1-2H3;3-4H,5H2,1-2H3;3-4H,5H2,1-2H3;3-4H2,1-2H3;2-3H2,1H3,(H,5,6);3-4H2,1-2H3;2*3-4H,1-2H3;2*3H2,1-2H3;1-2H3/b;;;;;2*4-3+;;;;2*4-3+;;;. The summed E-state index contributed by atoms with van der Waals surface area (Å²) in [6, 6.07) is 38.9. The predicted octanol–water partition coefficient (Wildman–Crippen LogP) is 25.2. The highest BCUT2D eigenvalue weighted by atomic mass is 32.2. The maximum absolute atomic E-state index is 11.4. The lowest BCUT2D eigenvalue weighted by Gasteiger charge is -2.00. The SMILES string of the molecule is C/C=C/C.C/C=C/C.C/C=C/COC.C/C=C/CS(C)(=O)=O.CC.CCC.CCC.CCCC.CCCC(=O)O.CCCC(C)=O.CCc1cc2ccc(C)cc2oc1=O.Cc1ccc(C)c(C)c1.Cc1ccc(C)cc1.Cc1ccc2cc(C)c(=O)oc2c1.Cc1cccc(C)c1. The summed E-state index contributed by atoms with van der Waals surface area (Å²) in [5, 5.41) is 9.88. The Bertz CT molecular complexity index is 3280. The van der Waals surface area contributed by atoms with E-state index in [9.17, 15) is 27.6 Å². The van der Waals surface area contributed by atoms with Crippen molar-refractivity contribution in [2.45, 2.75) is 252 Å². The Morgan fingerprint density at radius 2 is 0.816 bits per heavy atom. The molecule has 11 heteroatoms. The van der Waals surface area contributed by atoms with Gasteiger partial charge in [0.2, 0.25) is 0 Å². The number of hydrogen-bond acceptors (Lipinski definition) is 9. The number of sulfone groups is 1. The molecule has 10 nitrogen and oxygen atoms in total. The van der Waals surface area contributed by atoms with Crippen molar-refractivity contribution in [3.63, 3.8) is 0 Å². The van der Waals surface area contributed by atoms with E-state index in [0.717, 1.165) is 53.3 Å². The summed E-state index contributed by atoms with van der Waals surface area (Å²) in [7, 11) is -1.09. The van der Waals surface area contributed by atoms with Gasteiger partial charge in [0.05, 0.1) is 12.4 Å². The first-order valence-electron chi connectivity index (χ1n) is 35.1. The van der Waals surface area contributed by atoms with Crippen LogP contribution in [0, 0.1) is 69.2 Å². The van der Waals surface area contributed by atoms with E-state index in [4.69, 9.17) is 18.7 Å². The molecule has 0 aliphatic carbocycles. The largest absolute Gasteiger partial charge is 0.481 e. The number of aryl methyl sites for hydroxylation is 11. The van der Waals surface area contributed by atoms with Crippen molar-refractivity contribution in [2.24, 2.45) is 0 Å². The number of rotatable bonds is 10. The van der Waals surface area contributed by atoms with Crippen molar-refractivity contribution in [3.8, 4) is 0 Å². The van der Waals surface area contributed by atoms with Crippen molar-refractivity contribution in [1.82, 2.24) is 0 Å². The quantitative estimate of drug-likeness (QED) is 0.103. The molecule has 0 fully saturated rings. The topological polar surface area (TPSA) is 158 Å². The Hall–Kier alpha value is -7.47. The zero-order chi connectivity index (χ0) is 77.5. The van der Waals surface area contributed by atoms with Crippen LogP contribution in [0.15, 0.2) is 182 Å². The number of carboxylic acids is 1. The van der Waals surface area contributed by atoms with Crippen molar-refractivity contribution in [1.29, 1.82) is 0 Å². The molecule has 0 bridgehead atoms. The second-order valence-electron chi connectivity index (χ2n) is 22.6. The van der Waals surface area contributed by atoms with Gasteiger partial charge in [0, 0.05) is 48.1 Å². The third kappa shape index (κ3) is 75.9. The van der Waals surface area contributed by atoms with E-state index >= 15 is 0 Å². The number of carboxylic acid groups (broad SMARTS) is 1. The summed E-state index contributed by atoms with van der Waals surface area (Å²) < 4.78 is 35.7. The van der Waals surface area contributed by atoms with E-state index in [1.165, 1.54) is 70.9 Å². The van der Waals surface area contributed by atoms with Crippen molar-refractivity contribution in [2.75, 3.05) is 25.7 Å². The Balaban J connectivity index is -0.000000152. The first-order chi connectivity index (χ1) is 46.2. The maximum atomic E-state index is 11.4. The number of ketones is 1. The first kappa shape index (κ1) is 107. The highest BCUT2D eigenvalue weighted by Gasteiger charge is 2.03. The molecular weight excluding hydrogens is 1240 g/mol. The zero-order valence-corrected chi connectivity index (χ0v) is 68.2. The van der Waals surface area contributed by atoms with Gasteiger partial charge < -0.3 is 23.5 Å². The fourth-order valence-electron chi connectivity index (χ4n) is 6.19. The van der Waals surface area contributed by atoms with Crippen molar-refractivity contribution < 1.29 is 36.7 Å². The molecule has 0 aliphatic heterocycles. The van der Waals surface area contributed by atoms with Crippen LogP contribution in [0.25, 0.3) is 21.9 Å². The number of allylic oxidation sites excluding steroid dienone is 6. The number of aliphatic carboxylic acids is 1. The molecule has 0 amide bonds. The van der Waals surface area contributed by atoms with Gasteiger partial charge in [-0.1, -0.05) is 269 Å². The molecule has 0 aliphatic rings. The number of fused-ring (bicyclic) bond motifs is 2. The first-order valence-corrected chi connectivity index (χ1v) is 37.2. The minimum absolute atomic E-state index is 0.156. The van der Waals surface area contributed by atoms with Crippen LogP contribution in [0.5, 0.6) is 0 Å². The lowest BCUT2D eigenvalue weighted by Crippen LogP contribution is -2.05. The molecule has 7 aromatic rings. The minimum atomic E-state index is -2.77. The van der Waals surface area contributed by atoms with Crippen LogP contribution in [-0.2, 0) is 30.6 Å². The van der Waals surface area contributed by atoms with Crippen molar-refractivity contribution >= 4 is 43.5 Å². The Kier molecular flexibility index (Phi) is 81.9. The molecule has 0 spiro atoms. The molecule has 554 valence electrons. The number of ether oxygens (including phenoxy) is 1. The maximum Gasteiger partial charge on any atom is 0.339 e. The molecule has 98 heavy (non-hydrogen) atoms. The number of hydrogen-bond donors (Lipinski definition) is 1. The number of unbranched alkanes of at least 4 members (excludes halogenated alkanes) is 1. The third-order valence-corrected chi connectivity index (χ3v) is 12.6. The summed E-state index contributed by atoms with van der Waals surface area (Å²) in [6.45, 7) is 57.3. The summed E-state index contributed by atoms with van der Waals surface area (Å²) in [6.07, 6.45) is 25.1. The van der Waals surface area contributed by atoms with Gasteiger partial charge in [0.15, 0.2) is 9.84 Å². The third-order valence-electron chi connectivity index (χ3n) is 11.8. The van der Waals surface area contributed by atoms with Gasteiger partial charge >= 0.3 is 17.2 Å². The summed E-state index contributed by atoms with van der Waals surface area (Å²) in [5.41, 5.74) is 13.9. The molecule has 7 rings (SSSR count). The number of carbonyl (C=O) groups excluding carboxylic acids is 1. The van der Waals surface area contributed by atoms with E-state index in [2.05, 4.69) is 157 Å². The molecule has 0 atom stereocenters. The van der Waals surface area contributed by atoms with E-state index in [0.29, 0.717) is 29.6 Å². The van der Waals surface area contributed by atoms with E-state index < -0.39 is 15.8 Å². The summed E-state index contributed by atoms with van der Waals surface area (Å²) >= 11 is 0. The molecule has 5 aromatic carbocycles. The van der Waals surface area contributed by atoms with Gasteiger partial charge in [-0.15, -0.1) is 0 Å². The molecule has 0 radical (unpaired) electrons. The van der Waals surface area contributed by atoms with Crippen LogP contribution >= 0.6 is 0 Å². The van der Waals surface area contributed by atoms with Crippen LogP contribution in [0.4, 0.5) is 0 Å². The number of benzene rings is 5. The van der Waals surface area contributed by atoms with Gasteiger partial charge in [0.1, 0.15) is 16.9 Å². The van der Waals surface area contributed by atoms with Crippen LogP contribution in [0.3, 0.4) is 0 Å². The van der Waals surface area contributed by atoms with Gasteiger partial charge in [-0.25, -0.2) is 18.0 Å². The molecule has 0 saturated carbocycles. The Labute approximate surface area is 600 Å². The van der Waals surface area contributed by atoms with Crippen molar-refractivity contribution in [3.05, 3.63) is 246 Å². The number of methoxy groups -OCH3 is 1. The lowest BCUT2D eigenvalue weighted by atomic mass is 10.1. The van der Waals surface area contributed by atoms with Gasteiger partial charge in [-0.2, -0.15) is 0 Å².